The summed E-state index contributed by atoms with van der Waals surface area (Å²) in [6.45, 7) is 4.75. The summed E-state index contributed by atoms with van der Waals surface area (Å²) in [5.74, 6) is 1.48. The molecule has 0 saturated heterocycles. The number of anilines is 1. The molecule has 36 heavy (non-hydrogen) atoms. The van der Waals surface area contributed by atoms with Crippen molar-refractivity contribution in [1.82, 2.24) is 25.3 Å². The van der Waals surface area contributed by atoms with Crippen LogP contribution in [0.4, 0.5) is 5.69 Å². The first-order chi connectivity index (χ1) is 17.5. The molecule has 3 aliphatic carbocycles. The van der Waals surface area contributed by atoms with Gasteiger partial charge in [-0.25, -0.2) is 0 Å². The lowest BCUT2D eigenvalue weighted by molar-refractivity contribution is -0.119. The maximum Gasteiger partial charge on any atom is 0.270 e. The van der Waals surface area contributed by atoms with Gasteiger partial charge in [0.2, 0.25) is 5.91 Å². The molecule has 8 heteroatoms. The molecule has 0 spiro atoms. The number of carbonyl (C=O) groups is 2. The van der Waals surface area contributed by atoms with Crippen LogP contribution in [-0.4, -0.2) is 37.8 Å². The fourth-order valence-electron chi connectivity index (χ4n) is 5.58. The number of aryl methyl sites for hydroxylation is 2. The summed E-state index contributed by atoms with van der Waals surface area (Å²) in [5.41, 5.74) is 5.38. The zero-order chi connectivity index (χ0) is 24.8. The molecule has 0 radical (unpaired) electrons. The molecule has 1 atom stereocenters. The van der Waals surface area contributed by atoms with Crippen molar-refractivity contribution in [3.63, 3.8) is 0 Å². The second kappa shape index (κ2) is 9.22. The Labute approximate surface area is 211 Å². The van der Waals surface area contributed by atoms with E-state index in [0.29, 0.717) is 23.4 Å². The Bertz CT molecular complexity index is 1230. The van der Waals surface area contributed by atoms with Gasteiger partial charge in [-0.05, 0) is 99.8 Å². The minimum Gasteiger partial charge on any atom is -0.339 e. The summed E-state index contributed by atoms with van der Waals surface area (Å²) in [7, 11) is 0. The number of rotatable bonds is 10. The second-order valence-corrected chi connectivity index (χ2v) is 10.9. The summed E-state index contributed by atoms with van der Waals surface area (Å²) in [5, 5.41) is 17.9. The van der Waals surface area contributed by atoms with Gasteiger partial charge in [-0.1, -0.05) is 12.1 Å². The van der Waals surface area contributed by atoms with E-state index >= 15 is 0 Å². The maximum absolute atomic E-state index is 13.7. The third kappa shape index (κ3) is 4.81. The monoisotopic (exact) mass is 486 g/mol. The van der Waals surface area contributed by atoms with Gasteiger partial charge in [-0.2, -0.15) is 10.2 Å². The summed E-state index contributed by atoms with van der Waals surface area (Å²) >= 11 is 0. The van der Waals surface area contributed by atoms with Gasteiger partial charge in [0, 0.05) is 29.7 Å². The molecule has 3 aromatic rings. The number of benzene rings is 1. The highest BCUT2D eigenvalue weighted by Gasteiger charge is 2.48. The van der Waals surface area contributed by atoms with E-state index in [1.54, 1.807) is 16.9 Å². The average molecular weight is 487 g/mol. The molecule has 3 fully saturated rings. The van der Waals surface area contributed by atoms with E-state index in [1.165, 1.54) is 12.8 Å². The van der Waals surface area contributed by atoms with E-state index in [-0.39, 0.29) is 17.7 Å². The Morgan fingerprint density at radius 2 is 1.72 bits per heavy atom. The lowest BCUT2D eigenvalue weighted by Gasteiger charge is -2.27. The van der Waals surface area contributed by atoms with Crippen molar-refractivity contribution < 1.29 is 9.59 Å². The van der Waals surface area contributed by atoms with Crippen LogP contribution in [0, 0.1) is 37.5 Å². The highest BCUT2D eigenvalue weighted by Crippen LogP contribution is 2.51. The van der Waals surface area contributed by atoms with E-state index in [0.717, 1.165) is 60.4 Å². The number of carbonyl (C=O) groups excluding carboxylic acids is 2. The summed E-state index contributed by atoms with van der Waals surface area (Å²) in [6, 6.07) is 9.06. The van der Waals surface area contributed by atoms with Crippen LogP contribution < -0.4 is 10.6 Å². The molecular weight excluding hydrogens is 452 g/mol. The first-order valence-corrected chi connectivity index (χ1v) is 13.2. The van der Waals surface area contributed by atoms with E-state index < -0.39 is 6.04 Å². The minimum atomic E-state index is -0.556. The van der Waals surface area contributed by atoms with E-state index in [9.17, 15) is 9.59 Å². The van der Waals surface area contributed by atoms with Gasteiger partial charge >= 0.3 is 0 Å². The highest BCUT2D eigenvalue weighted by molar-refractivity contribution is 6.01. The lowest BCUT2D eigenvalue weighted by Crippen LogP contribution is -2.50. The third-order valence-electron chi connectivity index (χ3n) is 7.93. The number of amides is 2. The molecule has 188 valence electrons. The Hall–Kier alpha value is -3.42. The third-order valence-corrected chi connectivity index (χ3v) is 7.93. The number of H-pyrrole nitrogens is 1. The number of hydrogen-bond acceptors (Lipinski definition) is 4. The van der Waals surface area contributed by atoms with Crippen LogP contribution in [0.5, 0.6) is 0 Å². The minimum absolute atomic E-state index is 0.135. The van der Waals surface area contributed by atoms with E-state index in [2.05, 4.69) is 25.9 Å². The molecule has 3 N–H and O–H groups in total. The summed E-state index contributed by atoms with van der Waals surface area (Å²) in [4.78, 5) is 27.0. The number of nitrogens with zero attached hydrogens (tertiary/aromatic N) is 3. The van der Waals surface area contributed by atoms with Crippen molar-refractivity contribution in [1.29, 1.82) is 0 Å². The van der Waals surface area contributed by atoms with Crippen molar-refractivity contribution >= 4 is 17.5 Å². The van der Waals surface area contributed by atoms with E-state index in [1.807, 2.05) is 38.1 Å². The van der Waals surface area contributed by atoms with Gasteiger partial charge in [-0.15, -0.1) is 0 Å². The van der Waals surface area contributed by atoms with Gasteiger partial charge in [-0.3, -0.25) is 19.4 Å². The predicted octanol–water partition coefficient (Wildman–Crippen LogP) is 4.47. The Morgan fingerprint density at radius 3 is 2.31 bits per heavy atom. The molecule has 3 aliphatic rings. The normalized spacial score (nSPS) is 18.3. The van der Waals surface area contributed by atoms with Crippen molar-refractivity contribution in [3.05, 3.63) is 53.6 Å². The van der Waals surface area contributed by atoms with Gasteiger partial charge in [0.05, 0.1) is 5.69 Å². The molecule has 8 nitrogen and oxygen atoms in total. The zero-order valence-electron chi connectivity index (χ0n) is 21.0. The standard InChI is InChI=1S/C28H34N6O2/c1-16-24(17(2)33-32-16)19-9-11-22(12-10-19)30-28(36)26(25(20-5-6-20)21-7-8-21)31-27(35)23-13-14-29-34(23)15-18-3-4-18/h9-14,18,20-21,25-26H,3-8,15H2,1-2H3,(H,30,36)(H,31,35)(H,32,33)/t26-/m0/s1. The van der Waals surface area contributed by atoms with Crippen LogP contribution >= 0.6 is 0 Å². The number of hydrogen-bond donors (Lipinski definition) is 3. The van der Waals surface area contributed by atoms with Crippen molar-refractivity contribution in [2.45, 2.75) is 65.0 Å². The fourth-order valence-corrected chi connectivity index (χ4v) is 5.58. The Balaban J connectivity index is 1.21. The van der Waals surface area contributed by atoms with Gasteiger partial charge in [0.15, 0.2) is 0 Å². The van der Waals surface area contributed by atoms with Crippen LogP contribution in [-0.2, 0) is 11.3 Å². The molecule has 2 amide bonds. The molecule has 2 heterocycles. The smallest absolute Gasteiger partial charge is 0.270 e. The van der Waals surface area contributed by atoms with Crippen molar-refractivity contribution in [2.24, 2.45) is 23.7 Å². The number of aromatic amines is 1. The van der Waals surface area contributed by atoms with Crippen LogP contribution in [0.3, 0.4) is 0 Å². The number of nitrogens with one attached hydrogen (secondary N) is 3. The van der Waals surface area contributed by atoms with Crippen molar-refractivity contribution in [2.75, 3.05) is 5.32 Å². The molecule has 6 rings (SSSR count). The van der Waals surface area contributed by atoms with Gasteiger partial charge in [0.1, 0.15) is 11.7 Å². The summed E-state index contributed by atoms with van der Waals surface area (Å²) < 4.78 is 1.80. The molecule has 0 bridgehead atoms. The van der Waals surface area contributed by atoms with Crippen molar-refractivity contribution in [3.8, 4) is 11.1 Å². The molecule has 0 aliphatic heterocycles. The SMILES string of the molecule is Cc1n[nH]c(C)c1-c1ccc(NC(=O)[C@@H](NC(=O)c2ccnn2CC2CC2)C(C2CC2)C2CC2)cc1. The lowest BCUT2D eigenvalue weighted by atomic mass is 9.88. The number of aromatic nitrogens is 4. The van der Waals surface area contributed by atoms with Crippen LogP contribution in [0.2, 0.25) is 0 Å². The molecular formula is C28H34N6O2. The molecule has 2 aromatic heterocycles. The summed E-state index contributed by atoms with van der Waals surface area (Å²) in [6.07, 6.45) is 8.61. The maximum atomic E-state index is 13.7. The van der Waals surface area contributed by atoms with Crippen LogP contribution in [0.25, 0.3) is 11.1 Å². The topological polar surface area (TPSA) is 105 Å². The van der Waals surface area contributed by atoms with Gasteiger partial charge < -0.3 is 10.6 Å². The predicted molar refractivity (Wildman–Crippen MR) is 137 cm³/mol. The largest absolute Gasteiger partial charge is 0.339 e. The first kappa shape index (κ1) is 23.0. The first-order valence-electron chi connectivity index (χ1n) is 13.2. The fraction of sp³-hybridized carbons (Fsp3) is 0.500. The molecule has 3 saturated carbocycles. The van der Waals surface area contributed by atoms with E-state index in [4.69, 9.17) is 0 Å². The Kier molecular flexibility index (Phi) is 5.90. The van der Waals surface area contributed by atoms with Crippen LogP contribution in [0.15, 0.2) is 36.5 Å². The Morgan fingerprint density at radius 1 is 1.03 bits per heavy atom. The zero-order valence-corrected chi connectivity index (χ0v) is 21.0. The molecule has 0 unspecified atom stereocenters. The highest BCUT2D eigenvalue weighted by atomic mass is 16.2. The van der Waals surface area contributed by atoms with Crippen LogP contribution in [0.1, 0.15) is 60.4 Å². The average Bonchev–Trinajstić information content (AvgIpc) is 3.75. The molecule has 1 aromatic carbocycles. The quantitative estimate of drug-likeness (QED) is 0.393. The van der Waals surface area contributed by atoms with Gasteiger partial charge in [0.25, 0.3) is 5.91 Å². The second-order valence-electron chi connectivity index (χ2n) is 10.9.